The van der Waals surface area contributed by atoms with E-state index >= 15 is 0 Å². The largest absolute Gasteiger partial charge is 0.434 e. The molecular weight excluding hydrogens is 412 g/mol. The monoisotopic (exact) mass is 424 g/mol. The van der Waals surface area contributed by atoms with Gasteiger partial charge in [-0.25, -0.2) is 14.5 Å². The normalized spacial score (nSPS) is 12.1. The third kappa shape index (κ3) is 4.45. The van der Waals surface area contributed by atoms with Crippen molar-refractivity contribution in [2.75, 3.05) is 0 Å². The van der Waals surface area contributed by atoms with Crippen molar-refractivity contribution in [3.8, 4) is 5.69 Å². The molecule has 2 aromatic carbocycles. The third-order valence-corrected chi connectivity index (χ3v) is 4.24. The van der Waals surface area contributed by atoms with Crippen LogP contribution in [-0.4, -0.2) is 21.4 Å². The number of aromatic nitrogens is 2. The molecule has 1 heterocycles. The summed E-state index contributed by atoms with van der Waals surface area (Å²) < 4.78 is 54.7. The third-order valence-electron chi connectivity index (χ3n) is 3.95. The smallest absolute Gasteiger partial charge is 0.267 e. The van der Waals surface area contributed by atoms with E-state index in [0.717, 1.165) is 12.3 Å². The number of hydrazone groups is 1. The van der Waals surface area contributed by atoms with Crippen LogP contribution in [0.2, 0.25) is 5.02 Å². The van der Waals surface area contributed by atoms with Gasteiger partial charge in [0.2, 0.25) is 0 Å². The van der Waals surface area contributed by atoms with Crippen LogP contribution in [0.15, 0.2) is 59.8 Å². The molecule has 0 radical (unpaired) electrons. The lowest BCUT2D eigenvalue weighted by atomic mass is 10.1. The number of rotatable bonds is 4. The van der Waals surface area contributed by atoms with Crippen LogP contribution in [0.3, 0.4) is 0 Å². The average Bonchev–Trinajstić information content (AvgIpc) is 3.14. The van der Waals surface area contributed by atoms with Gasteiger partial charge in [-0.05, 0) is 36.8 Å². The van der Waals surface area contributed by atoms with E-state index in [-0.39, 0.29) is 16.4 Å². The van der Waals surface area contributed by atoms with Crippen LogP contribution in [0.5, 0.6) is 0 Å². The van der Waals surface area contributed by atoms with Crippen LogP contribution in [0.1, 0.15) is 28.5 Å². The summed E-state index contributed by atoms with van der Waals surface area (Å²) >= 11 is 5.70. The van der Waals surface area contributed by atoms with E-state index in [1.807, 2.05) is 0 Å². The fourth-order valence-electron chi connectivity index (χ4n) is 2.53. The number of halogens is 5. The van der Waals surface area contributed by atoms with Crippen LogP contribution in [0.4, 0.5) is 17.6 Å². The van der Waals surface area contributed by atoms with E-state index in [0.29, 0.717) is 10.2 Å². The van der Waals surface area contributed by atoms with E-state index in [4.69, 9.17) is 11.6 Å². The Morgan fingerprint density at radius 1 is 1.17 bits per heavy atom. The van der Waals surface area contributed by atoms with E-state index in [2.05, 4.69) is 15.6 Å². The first-order valence-corrected chi connectivity index (χ1v) is 8.57. The van der Waals surface area contributed by atoms with Crippen molar-refractivity contribution in [1.82, 2.24) is 15.2 Å². The molecule has 10 heteroatoms. The molecular formula is C19H13ClF4N4O. The Kier molecular flexibility index (Phi) is 5.69. The van der Waals surface area contributed by atoms with Crippen LogP contribution < -0.4 is 5.43 Å². The number of amides is 1. The molecule has 150 valence electrons. The van der Waals surface area contributed by atoms with Crippen molar-refractivity contribution in [1.29, 1.82) is 0 Å². The zero-order valence-electron chi connectivity index (χ0n) is 14.8. The van der Waals surface area contributed by atoms with E-state index in [1.165, 1.54) is 31.2 Å². The highest BCUT2D eigenvalue weighted by molar-refractivity contribution is 6.31. The summed E-state index contributed by atoms with van der Waals surface area (Å²) in [6, 6.07) is 11.4. The molecule has 0 bridgehead atoms. The second-order valence-corrected chi connectivity index (χ2v) is 6.33. The molecule has 0 unspecified atom stereocenters. The Balaban J connectivity index is 1.91. The summed E-state index contributed by atoms with van der Waals surface area (Å²) in [4.78, 5) is 12.4. The lowest BCUT2D eigenvalue weighted by Gasteiger charge is -2.12. The average molecular weight is 425 g/mol. The number of nitrogens with one attached hydrogen (secondary N) is 1. The van der Waals surface area contributed by atoms with Crippen molar-refractivity contribution in [2.45, 2.75) is 13.1 Å². The van der Waals surface area contributed by atoms with Gasteiger partial charge in [0, 0.05) is 0 Å². The standard InChI is InChI=1S/C19H13ClF4N4O/c1-11(12-7-8-16(21)15(20)9-12)26-27-18(29)14-10-25-28(17(14)19(22,23)24)13-5-3-2-4-6-13/h2-10H,1H3,(H,27,29)/b26-11-. The highest BCUT2D eigenvalue weighted by Crippen LogP contribution is 2.33. The molecule has 0 saturated carbocycles. The first-order valence-electron chi connectivity index (χ1n) is 8.19. The number of carbonyl (C=O) groups is 1. The van der Waals surface area contributed by atoms with Crippen LogP contribution in [-0.2, 0) is 6.18 Å². The van der Waals surface area contributed by atoms with Crippen molar-refractivity contribution in [3.63, 3.8) is 0 Å². The minimum Gasteiger partial charge on any atom is -0.267 e. The SMILES string of the molecule is C/C(=N/NC(=O)c1cnn(-c2ccccc2)c1C(F)(F)F)c1ccc(F)c(Cl)c1. The zero-order valence-corrected chi connectivity index (χ0v) is 15.6. The number of benzene rings is 2. The summed E-state index contributed by atoms with van der Waals surface area (Å²) in [6.45, 7) is 1.49. The number of para-hydroxylation sites is 1. The van der Waals surface area contributed by atoms with E-state index in [1.54, 1.807) is 18.2 Å². The predicted molar refractivity (Wildman–Crippen MR) is 99.7 cm³/mol. The molecule has 0 fully saturated rings. The van der Waals surface area contributed by atoms with Crippen molar-refractivity contribution in [2.24, 2.45) is 5.10 Å². The highest BCUT2D eigenvalue weighted by Gasteiger charge is 2.40. The summed E-state index contributed by atoms with van der Waals surface area (Å²) in [5, 5.41) is 7.34. The Morgan fingerprint density at radius 3 is 2.48 bits per heavy atom. The molecule has 29 heavy (non-hydrogen) atoms. The molecule has 1 amide bonds. The Labute approximate surface area is 167 Å². The molecule has 3 rings (SSSR count). The Morgan fingerprint density at radius 2 is 1.86 bits per heavy atom. The lowest BCUT2D eigenvalue weighted by Crippen LogP contribution is -2.24. The van der Waals surface area contributed by atoms with Gasteiger partial charge in [-0.1, -0.05) is 35.9 Å². The second kappa shape index (κ2) is 8.04. The zero-order chi connectivity index (χ0) is 21.2. The van der Waals surface area contributed by atoms with Gasteiger partial charge >= 0.3 is 6.18 Å². The maximum absolute atomic E-state index is 13.6. The van der Waals surface area contributed by atoms with Gasteiger partial charge in [-0.3, -0.25) is 4.79 Å². The first-order chi connectivity index (χ1) is 13.7. The van der Waals surface area contributed by atoms with Gasteiger partial charge in [0.05, 0.1) is 28.2 Å². The molecule has 0 saturated heterocycles. The van der Waals surface area contributed by atoms with Crippen LogP contribution in [0.25, 0.3) is 5.69 Å². The molecule has 0 spiro atoms. The number of hydrogen-bond acceptors (Lipinski definition) is 3. The van der Waals surface area contributed by atoms with Crippen LogP contribution >= 0.6 is 11.6 Å². The summed E-state index contributed by atoms with van der Waals surface area (Å²) in [7, 11) is 0. The van der Waals surface area contributed by atoms with Gasteiger partial charge < -0.3 is 0 Å². The molecule has 0 aliphatic carbocycles. The van der Waals surface area contributed by atoms with E-state index in [9.17, 15) is 22.4 Å². The fourth-order valence-corrected chi connectivity index (χ4v) is 2.71. The molecule has 0 aliphatic rings. The summed E-state index contributed by atoms with van der Waals surface area (Å²) in [6.07, 6.45) is -4.01. The van der Waals surface area contributed by atoms with Crippen molar-refractivity contribution < 1.29 is 22.4 Å². The highest BCUT2D eigenvalue weighted by atomic mass is 35.5. The molecule has 0 aliphatic heterocycles. The topological polar surface area (TPSA) is 59.3 Å². The molecule has 1 N–H and O–H groups in total. The van der Waals surface area contributed by atoms with Gasteiger partial charge in [-0.15, -0.1) is 0 Å². The van der Waals surface area contributed by atoms with Gasteiger partial charge in [0.25, 0.3) is 5.91 Å². The van der Waals surface area contributed by atoms with Gasteiger partial charge in [0.1, 0.15) is 5.82 Å². The molecule has 5 nitrogen and oxygen atoms in total. The molecule has 3 aromatic rings. The van der Waals surface area contributed by atoms with Gasteiger partial charge in [0.15, 0.2) is 5.69 Å². The van der Waals surface area contributed by atoms with Crippen LogP contribution in [0, 0.1) is 5.82 Å². The van der Waals surface area contributed by atoms with E-state index < -0.39 is 29.2 Å². The first kappa shape index (κ1) is 20.5. The molecule has 1 aromatic heterocycles. The number of nitrogens with zero attached hydrogens (tertiary/aromatic N) is 3. The van der Waals surface area contributed by atoms with Crippen molar-refractivity contribution in [3.05, 3.63) is 82.4 Å². The molecule has 0 atom stereocenters. The fraction of sp³-hybridized carbons (Fsp3) is 0.105. The van der Waals surface area contributed by atoms with Crippen molar-refractivity contribution >= 4 is 23.2 Å². The minimum absolute atomic E-state index is 0.146. The Hall–Kier alpha value is -3.20. The predicted octanol–water partition coefficient (Wildman–Crippen LogP) is 4.84. The quantitative estimate of drug-likeness (QED) is 0.370. The second-order valence-electron chi connectivity index (χ2n) is 5.92. The van der Waals surface area contributed by atoms with Gasteiger partial charge in [-0.2, -0.15) is 23.4 Å². The summed E-state index contributed by atoms with van der Waals surface area (Å²) in [5.74, 6) is -1.72. The Bertz CT molecular complexity index is 1080. The number of alkyl halides is 3. The lowest BCUT2D eigenvalue weighted by molar-refractivity contribution is -0.143. The number of hydrogen-bond donors (Lipinski definition) is 1. The maximum Gasteiger partial charge on any atom is 0.434 e. The minimum atomic E-state index is -4.83. The number of carbonyl (C=O) groups excluding carboxylic acids is 1. The maximum atomic E-state index is 13.6. The summed E-state index contributed by atoms with van der Waals surface area (Å²) in [5.41, 5.74) is 0.934.